The van der Waals surface area contributed by atoms with Crippen LogP contribution < -0.4 is 0 Å². The highest BCUT2D eigenvalue weighted by atomic mass is 127. The Balaban J connectivity index is 1.88. The van der Waals surface area contributed by atoms with E-state index in [1.54, 1.807) is 11.9 Å². The van der Waals surface area contributed by atoms with Gasteiger partial charge in [-0.15, -0.1) is 0 Å². The van der Waals surface area contributed by atoms with Gasteiger partial charge in [0.2, 0.25) is 0 Å². The van der Waals surface area contributed by atoms with Gasteiger partial charge in [0.1, 0.15) is 6.61 Å². The lowest BCUT2D eigenvalue weighted by molar-refractivity contribution is 0.103. The molecule has 0 bridgehead atoms. The van der Waals surface area contributed by atoms with Gasteiger partial charge >= 0.3 is 6.09 Å². The second-order valence-corrected chi connectivity index (χ2v) is 5.65. The first-order valence-electron chi connectivity index (χ1n) is 6.32. The van der Waals surface area contributed by atoms with Crippen molar-refractivity contribution in [2.24, 2.45) is 0 Å². The Bertz CT molecular complexity index is 572. The highest BCUT2D eigenvalue weighted by Crippen LogP contribution is 2.14. The van der Waals surface area contributed by atoms with Crippen LogP contribution in [0.25, 0.3) is 0 Å². The minimum Gasteiger partial charge on any atom is -0.445 e. The summed E-state index contributed by atoms with van der Waals surface area (Å²) in [6.45, 7) is 0.850. The van der Waals surface area contributed by atoms with Crippen LogP contribution in [-0.4, -0.2) is 18.0 Å². The normalized spacial score (nSPS) is 10.1. The van der Waals surface area contributed by atoms with Gasteiger partial charge in [0.15, 0.2) is 0 Å². The van der Waals surface area contributed by atoms with Crippen molar-refractivity contribution in [3.05, 3.63) is 69.3 Å². The first kappa shape index (κ1) is 14.8. The third-order valence-electron chi connectivity index (χ3n) is 2.88. The average molecular weight is 381 g/mol. The number of hydrogen-bond acceptors (Lipinski definition) is 2. The number of hydrogen-bond donors (Lipinski definition) is 0. The van der Waals surface area contributed by atoms with Crippen molar-refractivity contribution < 1.29 is 9.53 Å². The largest absolute Gasteiger partial charge is 0.445 e. The topological polar surface area (TPSA) is 29.5 Å². The molecule has 0 saturated heterocycles. The van der Waals surface area contributed by atoms with Crippen LogP contribution in [0, 0.1) is 3.57 Å². The molecule has 2 aromatic carbocycles. The number of amides is 1. The first-order valence-corrected chi connectivity index (χ1v) is 7.40. The van der Waals surface area contributed by atoms with E-state index in [-0.39, 0.29) is 6.09 Å². The van der Waals surface area contributed by atoms with E-state index in [1.807, 2.05) is 54.6 Å². The predicted octanol–water partition coefficient (Wildman–Crippen LogP) is 4.06. The molecule has 0 N–H and O–H groups in total. The number of ether oxygens (including phenoxy) is 1. The van der Waals surface area contributed by atoms with Gasteiger partial charge in [-0.3, -0.25) is 0 Å². The molecule has 0 atom stereocenters. The maximum absolute atomic E-state index is 11.9. The van der Waals surface area contributed by atoms with E-state index < -0.39 is 0 Å². The van der Waals surface area contributed by atoms with Crippen LogP contribution in [0.5, 0.6) is 0 Å². The van der Waals surface area contributed by atoms with Crippen molar-refractivity contribution in [3.8, 4) is 0 Å². The van der Waals surface area contributed by atoms with Crippen LogP contribution in [0.1, 0.15) is 11.1 Å². The second kappa shape index (κ2) is 7.28. The van der Waals surface area contributed by atoms with Crippen LogP contribution in [0.4, 0.5) is 4.79 Å². The zero-order valence-corrected chi connectivity index (χ0v) is 13.4. The summed E-state index contributed by atoms with van der Waals surface area (Å²) in [5.74, 6) is 0. The summed E-state index contributed by atoms with van der Waals surface area (Å²) in [6.07, 6.45) is -0.312. The van der Waals surface area contributed by atoms with Gasteiger partial charge in [-0.05, 0) is 39.8 Å². The monoisotopic (exact) mass is 381 g/mol. The predicted molar refractivity (Wildman–Crippen MR) is 87.3 cm³/mol. The van der Waals surface area contributed by atoms with Gasteiger partial charge in [0.25, 0.3) is 0 Å². The molecule has 2 aromatic rings. The molecule has 0 heterocycles. The van der Waals surface area contributed by atoms with Crippen molar-refractivity contribution in [2.45, 2.75) is 13.2 Å². The fourth-order valence-electron chi connectivity index (χ4n) is 1.78. The van der Waals surface area contributed by atoms with E-state index in [0.29, 0.717) is 13.2 Å². The third kappa shape index (κ3) is 4.23. The van der Waals surface area contributed by atoms with E-state index in [9.17, 15) is 4.79 Å². The number of halogens is 1. The summed E-state index contributed by atoms with van der Waals surface area (Å²) in [7, 11) is 1.75. The number of carbonyl (C=O) groups excluding carboxylic acids is 1. The molecule has 0 saturated carbocycles. The lowest BCUT2D eigenvalue weighted by Crippen LogP contribution is -2.27. The molecule has 4 heteroatoms. The second-order valence-electron chi connectivity index (χ2n) is 4.49. The lowest BCUT2D eigenvalue weighted by atomic mass is 10.2. The van der Waals surface area contributed by atoms with Crippen LogP contribution >= 0.6 is 22.6 Å². The van der Waals surface area contributed by atoms with Crippen molar-refractivity contribution in [1.29, 1.82) is 0 Å². The summed E-state index contributed by atoms with van der Waals surface area (Å²) in [5, 5.41) is 0. The molecular weight excluding hydrogens is 365 g/mol. The Kier molecular flexibility index (Phi) is 5.40. The van der Waals surface area contributed by atoms with Gasteiger partial charge in [-0.1, -0.05) is 48.5 Å². The molecular formula is C16H16INO2. The highest BCUT2D eigenvalue weighted by molar-refractivity contribution is 14.1. The van der Waals surface area contributed by atoms with E-state index in [1.165, 1.54) is 0 Å². The van der Waals surface area contributed by atoms with E-state index in [4.69, 9.17) is 4.74 Å². The Labute approximate surface area is 132 Å². The van der Waals surface area contributed by atoms with Gasteiger partial charge in [0, 0.05) is 17.2 Å². The molecule has 0 spiro atoms. The summed E-state index contributed by atoms with van der Waals surface area (Å²) in [5.41, 5.74) is 2.11. The minimum absolute atomic E-state index is 0.301. The molecule has 2 rings (SSSR count). The Hall–Kier alpha value is -1.56. The molecule has 0 aliphatic heterocycles. The Morgan fingerprint density at radius 3 is 2.45 bits per heavy atom. The maximum atomic E-state index is 11.9. The quantitative estimate of drug-likeness (QED) is 0.748. The molecule has 20 heavy (non-hydrogen) atoms. The number of carbonyl (C=O) groups is 1. The average Bonchev–Trinajstić information content (AvgIpc) is 2.48. The van der Waals surface area contributed by atoms with Crippen molar-refractivity contribution >= 4 is 28.7 Å². The number of nitrogens with zero attached hydrogens (tertiary/aromatic N) is 1. The molecule has 0 fully saturated rings. The van der Waals surface area contributed by atoms with Crippen LogP contribution in [0.15, 0.2) is 54.6 Å². The van der Waals surface area contributed by atoms with Gasteiger partial charge in [-0.25, -0.2) is 4.79 Å². The van der Waals surface area contributed by atoms with E-state index >= 15 is 0 Å². The number of benzene rings is 2. The summed E-state index contributed by atoms with van der Waals surface area (Å²) < 4.78 is 6.43. The fourth-order valence-corrected chi connectivity index (χ4v) is 2.33. The molecule has 0 radical (unpaired) electrons. The maximum Gasteiger partial charge on any atom is 0.410 e. The molecule has 0 aliphatic carbocycles. The van der Waals surface area contributed by atoms with Gasteiger partial charge in [0.05, 0.1) is 0 Å². The van der Waals surface area contributed by atoms with Crippen LogP contribution in [0.3, 0.4) is 0 Å². The third-order valence-corrected chi connectivity index (χ3v) is 3.93. The Morgan fingerprint density at radius 2 is 1.75 bits per heavy atom. The molecule has 0 unspecified atom stereocenters. The lowest BCUT2D eigenvalue weighted by Gasteiger charge is -2.17. The molecule has 0 aromatic heterocycles. The molecule has 104 valence electrons. The fraction of sp³-hybridized carbons (Fsp3) is 0.188. The SMILES string of the molecule is CN(Cc1ccccc1I)C(=O)OCc1ccccc1. The summed E-state index contributed by atoms with van der Waals surface area (Å²) >= 11 is 2.27. The number of rotatable bonds is 4. The highest BCUT2D eigenvalue weighted by Gasteiger charge is 2.11. The summed E-state index contributed by atoms with van der Waals surface area (Å²) in [6, 6.07) is 17.7. The van der Waals surface area contributed by atoms with Gasteiger partial charge < -0.3 is 9.64 Å². The molecule has 1 amide bonds. The molecule has 3 nitrogen and oxygen atoms in total. The van der Waals surface area contributed by atoms with Crippen molar-refractivity contribution in [1.82, 2.24) is 4.90 Å². The van der Waals surface area contributed by atoms with E-state index in [0.717, 1.165) is 14.7 Å². The van der Waals surface area contributed by atoms with Crippen LogP contribution in [0.2, 0.25) is 0 Å². The van der Waals surface area contributed by atoms with Crippen molar-refractivity contribution in [2.75, 3.05) is 7.05 Å². The van der Waals surface area contributed by atoms with Crippen molar-refractivity contribution in [3.63, 3.8) is 0 Å². The zero-order chi connectivity index (χ0) is 14.4. The minimum atomic E-state index is -0.312. The smallest absolute Gasteiger partial charge is 0.410 e. The zero-order valence-electron chi connectivity index (χ0n) is 11.3. The van der Waals surface area contributed by atoms with Crippen LogP contribution in [-0.2, 0) is 17.9 Å². The molecule has 0 aliphatic rings. The van der Waals surface area contributed by atoms with Gasteiger partial charge in [-0.2, -0.15) is 0 Å². The van der Waals surface area contributed by atoms with E-state index in [2.05, 4.69) is 22.6 Å². The first-order chi connectivity index (χ1) is 9.66. The summed E-state index contributed by atoms with van der Waals surface area (Å²) in [4.78, 5) is 13.5. The Morgan fingerprint density at radius 1 is 1.10 bits per heavy atom. The standard InChI is InChI=1S/C16H16INO2/c1-18(11-14-9-5-6-10-15(14)17)16(19)20-12-13-7-3-2-4-8-13/h2-10H,11-12H2,1H3.